The molecule has 1 aromatic heterocycles. The molecule has 2 aromatic carbocycles. The molecular formula is C20H20F2N4O2S. The van der Waals surface area contributed by atoms with Crippen molar-refractivity contribution in [3.05, 3.63) is 59.7 Å². The quantitative estimate of drug-likeness (QED) is 0.557. The SMILES string of the molecule is Cc1ccc(-c2nc(SCC(=O)N(C)Cc3ccc(OC(F)F)cc3)n[nH]2)cc1. The molecule has 0 unspecified atom stereocenters. The first kappa shape index (κ1) is 20.8. The molecule has 0 saturated heterocycles. The lowest BCUT2D eigenvalue weighted by Gasteiger charge is -2.17. The monoisotopic (exact) mass is 418 g/mol. The number of nitrogens with zero attached hydrogens (tertiary/aromatic N) is 3. The molecule has 152 valence electrons. The Morgan fingerprint density at radius 2 is 1.86 bits per heavy atom. The highest BCUT2D eigenvalue weighted by molar-refractivity contribution is 7.99. The number of halogens is 2. The Bertz CT molecular complexity index is 946. The standard InChI is InChI=1S/C20H20F2N4O2S/c1-13-3-7-15(8-4-13)18-23-20(25-24-18)29-12-17(27)26(2)11-14-5-9-16(10-6-14)28-19(21)22/h3-10,19H,11-12H2,1-2H3,(H,23,24,25). The smallest absolute Gasteiger partial charge is 0.387 e. The number of hydrogen-bond acceptors (Lipinski definition) is 5. The summed E-state index contributed by atoms with van der Waals surface area (Å²) >= 11 is 1.25. The highest BCUT2D eigenvalue weighted by atomic mass is 32.2. The van der Waals surface area contributed by atoms with Crippen LogP contribution in [0, 0.1) is 6.92 Å². The number of aryl methyl sites for hydroxylation is 1. The van der Waals surface area contributed by atoms with Gasteiger partial charge in [-0.1, -0.05) is 53.7 Å². The van der Waals surface area contributed by atoms with E-state index in [9.17, 15) is 13.6 Å². The fraction of sp³-hybridized carbons (Fsp3) is 0.250. The summed E-state index contributed by atoms with van der Waals surface area (Å²) in [5, 5.41) is 7.52. The molecule has 3 aromatic rings. The number of nitrogens with one attached hydrogen (secondary N) is 1. The third kappa shape index (κ3) is 6.02. The van der Waals surface area contributed by atoms with Crippen molar-refractivity contribution in [2.24, 2.45) is 0 Å². The van der Waals surface area contributed by atoms with Gasteiger partial charge in [-0.3, -0.25) is 9.89 Å². The number of benzene rings is 2. The summed E-state index contributed by atoms with van der Waals surface area (Å²) < 4.78 is 28.7. The van der Waals surface area contributed by atoms with Crippen molar-refractivity contribution in [1.82, 2.24) is 20.1 Å². The van der Waals surface area contributed by atoms with Crippen LogP contribution in [0.3, 0.4) is 0 Å². The number of carbonyl (C=O) groups is 1. The van der Waals surface area contributed by atoms with E-state index in [1.165, 1.54) is 23.9 Å². The molecule has 0 radical (unpaired) electrons. The number of aromatic amines is 1. The van der Waals surface area contributed by atoms with Gasteiger partial charge in [0.15, 0.2) is 5.82 Å². The fourth-order valence-electron chi connectivity index (χ4n) is 2.53. The second-order valence-corrected chi connectivity index (χ2v) is 7.34. The number of rotatable bonds is 8. The number of alkyl halides is 2. The van der Waals surface area contributed by atoms with E-state index in [0.717, 1.165) is 16.7 Å². The van der Waals surface area contributed by atoms with Crippen LogP contribution in [-0.4, -0.2) is 45.4 Å². The molecule has 0 aliphatic carbocycles. The molecule has 0 aliphatic heterocycles. The lowest BCUT2D eigenvalue weighted by molar-refractivity contribution is -0.127. The van der Waals surface area contributed by atoms with Gasteiger partial charge in [-0.2, -0.15) is 8.78 Å². The van der Waals surface area contributed by atoms with Gasteiger partial charge >= 0.3 is 6.61 Å². The topological polar surface area (TPSA) is 71.1 Å². The van der Waals surface area contributed by atoms with Gasteiger partial charge in [-0.05, 0) is 24.6 Å². The molecule has 0 atom stereocenters. The van der Waals surface area contributed by atoms with Gasteiger partial charge in [0, 0.05) is 19.2 Å². The Kier molecular flexibility index (Phi) is 6.82. The van der Waals surface area contributed by atoms with Gasteiger partial charge in [0.2, 0.25) is 11.1 Å². The van der Waals surface area contributed by atoms with E-state index in [1.807, 2.05) is 31.2 Å². The van der Waals surface area contributed by atoms with Gasteiger partial charge in [0.05, 0.1) is 5.75 Å². The summed E-state index contributed by atoms with van der Waals surface area (Å²) in [5.74, 6) is 0.833. The van der Waals surface area contributed by atoms with Gasteiger partial charge in [-0.25, -0.2) is 4.98 Å². The maximum Gasteiger partial charge on any atom is 0.387 e. The number of H-pyrrole nitrogens is 1. The van der Waals surface area contributed by atoms with E-state index >= 15 is 0 Å². The van der Waals surface area contributed by atoms with Crippen molar-refractivity contribution in [2.45, 2.75) is 25.2 Å². The highest BCUT2D eigenvalue weighted by Gasteiger charge is 2.13. The fourth-order valence-corrected chi connectivity index (χ4v) is 3.27. The van der Waals surface area contributed by atoms with Gasteiger partial charge in [0.25, 0.3) is 0 Å². The van der Waals surface area contributed by atoms with Crippen molar-refractivity contribution >= 4 is 17.7 Å². The zero-order chi connectivity index (χ0) is 20.8. The van der Waals surface area contributed by atoms with E-state index < -0.39 is 6.61 Å². The first-order valence-electron chi connectivity index (χ1n) is 8.80. The van der Waals surface area contributed by atoms with Crippen LogP contribution in [0.25, 0.3) is 11.4 Å². The molecule has 6 nitrogen and oxygen atoms in total. The number of aromatic nitrogens is 3. The highest BCUT2D eigenvalue weighted by Crippen LogP contribution is 2.20. The largest absolute Gasteiger partial charge is 0.435 e. The van der Waals surface area contributed by atoms with E-state index in [0.29, 0.717) is 17.5 Å². The van der Waals surface area contributed by atoms with E-state index in [-0.39, 0.29) is 17.4 Å². The Labute approximate surface area is 171 Å². The van der Waals surface area contributed by atoms with Crippen molar-refractivity contribution in [3.63, 3.8) is 0 Å². The molecule has 3 rings (SSSR count). The molecule has 1 N–H and O–H groups in total. The molecule has 0 spiro atoms. The Balaban J connectivity index is 1.50. The second kappa shape index (κ2) is 9.51. The van der Waals surface area contributed by atoms with Crippen molar-refractivity contribution < 1.29 is 18.3 Å². The normalized spacial score (nSPS) is 10.9. The van der Waals surface area contributed by atoms with Crippen LogP contribution in [-0.2, 0) is 11.3 Å². The molecule has 0 bridgehead atoms. The maximum atomic E-state index is 12.4. The van der Waals surface area contributed by atoms with E-state index in [4.69, 9.17) is 0 Å². The van der Waals surface area contributed by atoms with Crippen LogP contribution >= 0.6 is 11.8 Å². The third-order valence-electron chi connectivity index (χ3n) is 4.11. The molecule has 9 heteroatoms. The van der Waals surface area contributed by atoms with Crippen molar-refractivity contribution in [3.8, 4) is 17.1 Å². The number of ether oxygens (including phenoxy) is 1. The third-order valence-corrected chi connectivity index (χ3v) is 4.94. The predicted octanol–water partition coefficient (Wildman–Crippen LogP) is 4.13. The summed E-state index contributed by atoms with van der Waals surface area (Å²) in [6, 6.07) is 14.1. The molecule has 29 heavy (non-hydrogen) atoms. The zero-order valence-electron chi connectivity index (χ0n) is 15.9. The number of thioether (sulfide) groups is 1. The molecule has 0 saturated carbocycles. The Morgan fingerprint density at radius 1 is 1.17 bits per heavy atom. The summed E-state index contributed by atoms with van der Waals surface area (Å²) in [6.07, 6.45) is 0. The minimum Gasteiger partial charge on any atom is -0.435 e. The van der Waals surface area contributed by atoms with Crippen molar-refractivity contribution in [2.75, 3.05) is 12.8 Å². The minimum absolute atomic E-state index is 0.0854. The van der Waals surface area contributed by atoms with Crippen LogP contribution < -0.4 is 4.74 Å². The average Bonchev–Trinajstić information content (AvgIpc) is 3.16. The van der Waals surface area contributed by atoms with Crippen LogP contribution in [0.1, 0.15) is 11.1 Å². The predicted molar refractivity (Wildman–Crippen MR) is 107 cm³/mol. The van der Waals surface area contributed by atoms with Crippen LogP contribution in [0.4, 0.5) is 8.78 Å². The van der Waals surface area contributed by atoms with Crippen LogP contribution in [0.5, 0.6) is 5.75 Å². The Morgan fingerprint density at radius 3 is 2.52 bits per heavy atom. The van der Waals surface area contributed by atoms with Gasteiger partial charge in [-0.15, -0.1) is 5.10 Å². The summed E-state index contributed by atoms with van der Waals surface area (Å²) in [5.41, 5.74) is 2.90. The van der Waals surface area contributed by atoms with Crippen LogP contribution in [0.2, 0.25) is 0 Å². The molecule has 0 aliphatic rings. The van der Waals surface area contributed by atoms with Crippen molar-refractivity contribution in [1.29, 1.82) is 0 Å². The lowest BCUT2D eigenvalue weighted by Crippen LogP contribution is -2.27. The maximum absolute atomic E-state index is 12.4. The van der Waals surface area contributed by atoms with Crippen LogP contribution in [0.15, 0.2) is 53.7 Å². The number of hydrogen-bond donors (Lipinski definition) is 1. The zero-order valence-corrected chi connectivity index (χ0v) is 16.7. The summed E-state index contributed by atoms with van der Waals surface area (Å²) in [4.78, 5) is 18.3. The Hall–Kier alpha value is -2.94. The summed E-state index contributed by atoms with van der Waals surface area (Å²) in [6.45, 7) is -0.486. The average molecular weight is 418 g/mol. The van der Waals surface area contributed by atoms with E-state index in [1.54, 1.807) is 24.1 Å². The van der Waals surface area contributed by atoms with Gasteiger partial charge < -0.3 is 9.64 Å². The summed E-state index contributed by atoms with van der Waals surface area (Å²) in [7, 11) is 1.68. The second-order valence-electron chi connectivity index (χ2n) is 6.39. The molecular weight excluding hydrogens is 398 g/mol. The molecule has 1 heterocycles. The van der Waals surface area contributed by atoms with E-state index in [2.05, 4.69) is 19.9 Å². The number of amides is 1. The lowest BCUT2D eigenvalue weighted by atomic mass is 10.1. The molecule has 0 fully saturated rings. The first-order valence-corrected chi connectivity index (χ1v) is 9.79. The minimum atomic E-state index is -2.86. The number of carbonyl (C=O) groups excluding carboxylic acids is 1. The first-order chi connectivity index (χ1) is 13.9. The van der Waals surface area contributed by atoms with Gasteiger partial charge in [0.1, 0.15) is 5.75 Å². The molecule has 1 amide bonds.